The summed E-state index contributed by atoms with van der Waals surface area (Å²) < 4.78 is 22.7. The highest BCUT2D eigenvalue weighted by molar-refractivity contribution is 5.50. The molecule has 2 aromatic carbocycles. The van der Waals surface area contributed by atoms with Crippen LogP contribution >= 0.6 is 0 Å². The molecule has 7 nitrogen and oxygen atoms in total. The van der Waals surface area contributed by atoms with Crippen molar-refractivity contribution in [3.05, 3.63) is 57.6 Å². The van der Waals surface area contributed by atoms with E-state index in [2.05, 4.69) is 0 Å². The molecule has 1 aliphatic heterocycles. The first-order valence-electron chi connectivity index (χ1n) is 8.94. The molecule has 2 atom stereocenters. The first-order chi connectivity index (χ1) is 13.1. The summed E-state index contributed by atoms with van der Waals surface area (Å²) >= 11 is 0. The van der Waals surface area contributed by atoms with Crippen LogP contribution in [0.3, 0.4) is 0 Å². The van der Waals surface area contributed by atoms with Crippen molar-refractivity contribution in [2.75, 3.05) is 20.3 Å². The molecule has 0 N–H and O–H groups in total. The van der Waals surface area contributed by atoms with E-state index in [4.69, 9.17) is 18.9 Å². The van der Waals surface area contributed by atoms with E-state index in [0.717, 1.165) is 5.56 Å². The number of fused-ring (bicyclic) bond motifs is 1. The lowest BCUT2D eigenvalue weighted by molar-refractivity contribution is -0.535. The second-order valence-corrected chi connectivity index (χ2v) is 6.12. The summed E-state index contributed by atoms with van der Waals surface area (Å²) in [5.41, 5.74) is 1.43. The highest BCUT2D eigenvalue weighted by Gasteiger charge is 2.41. The van der Waals surface area contributed by atoms with Crippen molar-refractivity contribution >= 4 is 0 Å². The third-order valence-electron chi connectivity index (χ3n) is 4.47. The van der Waals surface area contributed by atoms with E-state index in [1.54, 1.807) is 31.4 Å². The molecule has 3 rings (SSSR count). The van der Waals surface area contributed by atoms with Crippen molar-refractivity contribution in [2.24, 2.45) is 0 Å². The lowest BCUT2D eigenvalue weighted by Gasteiger charge is -2.30. The van der Waals surface area contributed by atoms with Crippen LogP contribution in [0.4, 0.5) is 0 Å². The quantitative estimate of drug-likeness (QED) is 0.542. The minimum absolute atomic E-state index is 0.265. The van der Waals surface area contributed by atoms with Gasteiger partial charge >= 0.3 is 0 Å². The summed E-state index contributed by atoms with van der Waals surface area (Å²) in [6, 6.07) is 9.83. The van der Waals surface area contributed by atoms with Gasteiger partial charge in [0, 0.05) is 22.5 Å². The number of hydrogen-bond acceptors (Lipinski definition) is 6. The molecule has 0 aromatic heterocycles. The lowest BCUT2D eigenvalue weighted by atomic mass is 9.92. The average molecular weight is 373 g/mol. The van der Waals surface area contributed by atoms with E-state index in [9.17, 15) is 10.1 Å². The van der Waals surface area contributed by atoms with Crippen molar-refractivity contribution < 1.29 is 23.9 Å². The molecule has 27 heavy (non-hydrogen) atoms. The first kappa shape index (κ1) is 18.8. The standard InChI is InChI=1S/C20H23NO6/c1-4-25-16-10-9-14(12-18(16)26-5-2)19-15(21(22)23)11-13-7-6-8-17(24-3)20(13)27-19/h6-10,12,15,19H,4-5,11H2,1-3H3/t15-,19+/m1/s1. The number of benzene rings is 2. The first-order valence-corrected chi connectivity index (χ1v) is 8.94. The largest absolute Gasteiger partial charge is 0.493 e. The maximum Gasteiger partial charge on any atom is 0.257 e. The third kappa shape index (κ3) is 3.77. The highest BCUT2D eigenvalue weighted by atomic mass is 16.6. The van der Waals surface area contributed by atoms with Gasteiger partial charge in [-0.15, -0.1) is 0 Å². The normalized spacial score (nSPS) is 18.2. The molecule has 0 spiro atoms. The Morgan fingerprint density at radius 3 is 2.52 bits per heavy atom. The number of ether oxygens (including phenoxy) is 4. The third-order valence-corrected chi connectivity index (χ3v) is 4.47. The summed E-state index contributed by atoms with van der Waals surface area (Å²) in [6.07, 6.45) is -0.486. The van der Waals surface area contributed by atoms with Crippen LogP contribution in [0.25, 0.3) is 0 Å². The Bertz CT molecular complexity index is 822. The SMILES string of the molecule is CCOc1ccc([C@@H]2Oc3c(cccc3OC)C[C@H]2[N+](=O)[O-])cc1OCC. The van der Waals surface area contributed by atoms with Gasteiger partial charge in [0.05, 0.1) is 20.3 Å². The fourth-order valence-corrected chi connectivity index (χ4v) is 3.27. The minimum Gasteiger partial charge on any atom is -0.493 e. The summed E-state index contributed by atoms with van der Waals surface area (Å²) in [5, 5.41) is 11.7. The zero-order valence-electron chi connectivity index (χ0n) is 15.6. The molecule has 0 radical (unpaired) electrons. The van der Waals surface area contributed by atoms with E-state index in [0.29, 0.717) is 41.8 Å². The van der Waals surface area contributed by atoms with Gasteiger partial charge in [0.15, 0.2) is 29.1 Å². The smallest absolute Gasteiger partial charge is 0.257 e. The molecular formula is C20H23NO6. The molecule has 1 aliphatic rings. The monoisotopic (exact) mass is 373 g/mol. The van der Waals surface area contributed by atoms with Gasteiger partial charge in [0.2, 0.25) is 0 Å². The molecule has 0 unspecified atom stereocenters. The van der Waals surface area contributed by atoms with Crippen LogP contribution in [0.2, 0.25) is 0 Å². The van der Waals surface area contributed by atoms with Crippen molar-refractivity contribution in [2.45, 2.75) is 32.4 Å². The van der Waals surface area contributed by atoms with Crippen LogP contribution in [-0.2, 0) is 6.42 Å². The molecule has 0 saturated heterocycles. The fourth-order valence-electron chi connectivity index (χ4n) is 3.27. The molecule has 2 aromatic rings. The van der Waals surface area contributed by atoms with Crippen LogP contribution in [0, 0.1) is 10.1 Å². The lowest BCUT2D eigenvalue weighted by Crippen LogP contribution is -2.36. The van der Waals surface area contributed by atoms with E-state index >= 15 is 0 Å². The van der Waals surface area contributed by atoms with Crippen molar-refractivity contribution in [1.82, 2.24) is 0 Å². The summed E-state index contributed by atoms with van der Waals surface area (Å²) in [7, 11) is 1.55. The van der Waals surface area contributed by atoms with Crippen LogP contribution in [0.5, 0.6) is 23.0 Å². The Hall–Kier alpha value is -2.96. The minimum atomic E-state index is -0.906. The maximum absolute atomic E-state index is 11.7. The zero-order chi connectivity index (χ0) is 19.4. The van der Waals surface area contributed by atoms with Gasteiger partial charge in [-0.1, -0.05) is 18.2 Å². The van der Waals surface area contributed by atoms with Crippen LogP contribution in [-0.4, -0.2) is 31.3 Å². The average Bonchev–Trinajstić information content (AvgIpc) is 2.68. The summed E-state index contributed by atoms with van der Waals surface area (Å²) in [4.78, 5) is 11.4. The maximum atomic E-state index is 11.7. The van der Waals surface area contributed by atoms with E-state index in [1.165, 1.54) is 0 Å². The molecule has 1 heterocycles. The number of nitrogens with zero attached hydrogens (tertiary/aromatic N) is 1. The van der Waals surface area contributed by atoms with E-state index in [-0.39, 0.29) is 11.3 Å². The van der Waals surface area contributed by atoms with Gasteiger partial charge in [-0.05, 0) is 32.0 Å². The van der Waals surface area contributed by atoms with Gasteiger partial charge in [-0.2, -0.15) is 0 Å². The van der Waals surface area contributed by atoms with Gasteiger partial charge in [0.25, 0.3) is 6.04 Å². The molecular weight excluding hydrogens is 350 g/mol. The van der Waals surface area contributed by atoms with Crippen molar-refractivity contribution in [3.63, 3.8) is 0 Å². The van der Waals surface area contributed by atoms with Crippen molar-refractivity contribution in [3.8, 4) is 23.0 Å². The molecule has 0 saturated carbocycles. The van der Waals surface area contributed by atoms with Crippen LogP contribution in [0.1, 0.15) is 31.1 Å². The van der Waals surface area contributed by atoms with E-state index < -0.39 is 12.1 Å². The van der Waals surface area contributed by atoms with Gasteiger partial charge in [0.1, 0.15) is 0 Å². The Kier molecular flexibility index (Phi) is 5.69. The molecule has 7 heteroatoms. The Morgan fingerprint density at radius 2 is 1.85 bits per heavy atom. The van der Waals surface area contributed by atoms with Crippen LogP contribution < -0.4 is 18.9 Å². The van der Waals surface area contributed by atoms with Crippen LogP contribution in [0.15, 0.2) is 36.4 Å². The predicted molar refractivity (Wildman–Crippen MR) is 99.6 cm³/mol. The van der Waals surface area contributed by atoms with Gasteiger partial charge in [-0.25, -0.2) is 0 Å². The molecule has 0 aliphatic carbocycles. The number of nitro groups is 1. The highest BCUT2D eigenvalue weighted by Crippen LogP contribution is 2.43. The number of rotatable bonds is 7. The van der Waals surface area contributed by atoms with Gasteiger partial charge < -0.3 is 18.9 Å². The van der Waals surface area contributed by atoms with Crippen molar-refractivity contribution in [1.29, 1.82) is 0 Å². The summed E-state index contributed by atoms with van der Waals surface area (Å²) in [5.74, 6) is 2.27. The number of para-hydroxylation sites is 1. The Morgan fingerprint density at radius 1 is 1.11 bits per heavy atom. The zero-order valence-corrected chi connectivity index (χ0v) is 15.6. The molecule has 0 fully saturated rings. The Labute approximate surface area is 158 Å². The second kappa shape index (κ2) is 8.16. The molecule has 144 valence electrons. The predicted octanol–water partition coefficient (Wildman–Crippen LogP) is 3.81. The Balaban J connectivity index is 2.02. The molecule has 0 amide bonds. The fraction of sp³-hybridized carbons (Fsp3) is 0.400. The topological polar surface area (TPSA) is 80.1 Å². The number of hydrogen-bond donors (Lipinski definition) is 0. The van der Waals surface area contributed by atoms with E-state index in [1.807, 2.05) is 26.0 Å². The number of methoxy groups -OCH3 is 1. The summed E-state index contributed by atoms with van der Waals surface area (Å²) in [6.45, 7) is 4.73. The van der Waals surface area contributed by atoms with Gasteiger partial charge in [-0.3, -0.25) is 10.1 Å². The second-order valence-electron chi connectivity index (χ2n) is 6.12. The molecule has 0 bridgehead atoms.